The molecule has 2 aliphatic carbocycles. The molecule has 2 aromatic heterocycles. The lowest BCUT2D eigenvalue weighted by Crippen LogP contribution is -2.70. The molecule has 3 aromatic rings. The summed E-state index contributed by atoms with van der Waals surface area (Å²) in [4.78, 5) is 19.5. The van der Waals surface area contributed by atoms with Gasteiger partial charge in [-0.3, -0.25) is 4.68 Å². The monoisotopic (exact) mass is 485 g/mol. The summed E-state index contributed by atoms with van der Waals surface area (Å²) in [6.07, 6.45) is 6.40. The summed E-state index contributed by atoms with van der Waals surface area (Å²) < 4.78 is 22.4. The van der Waals surface area contributed by atoms with Gasteiger partial charge in [-0.05, 0) is 49.7 Å². The number of fused-ring (bicyclic) bond motifs is 2. The third-order valence-electron chi connectivity index (χ3n) is 7.12. The van der Waals surface area contributed by atoms with Gasteiger partial charge in [0.1, 0.15) is 17.7 Å². The number of carbonyl (C=O) groups is 1. The predicted octanol–water partition coefficient (Wildman–Crippen LogP) is 4.77. The second-order valence-corrected chi connectivity index (χ2v) is 10.3. The molecule has 1 N–H and O–H groups in total. The molecule has 0 radical (unpaired) electrons. The smallest absolute Gasteiger partial charge is 0.323 e. The van der Waals surface area contributed by atoms with E-state index in [0.29, 0.717) is 35.0 Å². The fourth-order valence-electron chi connectivity index (χ4n) is 5.50. The molecule has 3 heterocycles. The number of benzene rings is 1. The van der Waals surface area contributed by atoms with Crippen molar-refractivity contribution in [2.45, 2.75) is 64.1 Å². The number of nitrogens with zero attached hydrogens (tertiary/aromatic N) is 6. The lowest BCUT2D eigenvalue weighted by molar-refractivity contribution is -0.110. The molecule has 3 fully saturated rings. The van der Waals surface area contributed by atoms with Crippen molar-refractivity contribution in [3.8, 4) is 11.4 Å². The van der Waals surface area contributed by atoms with Gasteiger partial charge in [0.25, 0.3) is 0 Å². The van der Waals surface area contributed by atoms with E-state index in [-0.39, 0.29) is 16.8 Å². The molecule has 1 aliphatic heterocycles. The average molecular weight is 486 g/mol. The molecule has 2 bridgehead atoms. The van der Waals surface area contributed by atoms with Gasteiger partial charge < -0.3 is 14.6 Å². The number of hydrogen-bond donors (Lipinski definition) is 1. The van der Waals surface area contributed by atoms with E-state index in [4.69, 9.17) is 16.0 Å². The van der Waals surface area contributed by atoms with Gasteiger partial charge in [-0.15, -0.1) is 10.2 Å². The number of rotatable bonds is 5. The fourth-order valence-corrected chi connectivity index (χ4v) is 5.73. The molecule has 1 saturated heterocycles. The van der Waals surface area contributed by atoms with Crippen LogP contribution >= 0.6 is 11.6 Å². The van der Waals surface area contributed by atoms with E-state index in [1.54, 1.807) is 22.8 Å². The predicted molar refractivity (Wildman–Crippen MR) is 122 cm³/mol. The van der Waals surface area contributed by atoms with Gasteiger partial charge in [-0.25, -0.2) is 14.2 Å². The molecule has 2 saturated carbocycles. The Morgan fingerprint density at radius 2 is 2.15 bits per heavy atom. The highest BCUT2D eigenvalue weighted by atomic mass is 35.5. The first-order valence-corrected chi connectivity index (χ1v) is 12.0. The van der Waals surface area contributed by atoms with Crippen LogP contribution in [0.25, 0.3) is 11.4 Å². The Morgan fingerprint density at radius 1 is 1.32 bits per heavy atom. The molecule has 0 spiro atoms. The third kappa shape index (κ3) is 3.55. The summed E-state index contributed by atoms with van der Waals surface area (Å²) >= 11 is 6.32. The molecule has 11 heteroatoms. The maximum Gasteiger partial charge on any atom is 0.323 e. The van der Waals surface area contributed by atoms with Gasteiger partial charge >= 0.3 is 6.03 Å². The highest BCUT2D eigenvalue weighted by molar-refractivity contribution is 6.33. The van der Waals surface area contributed by atoms with E-state index in [1.165, 1.54) is 25.0 Å². The Morgan fingerprint density at radius 3 is 2.88 bits per heavy atom. The number of carbonyl (C=O) groups excluding carboxylic acids is 1. The lowest BCUT2D eigenvalue weighted by Gasteiger charge is -2.61. The molecular formula is C23H25ClFN7O2. The minimum atomic E-state index is -0.664. The van der Waals surface area contributed by atoms with Crippen LogP contribution in [0.2, 0.25) is 5.02 Å². The van der Waals surface area contributed by atoms with Crippen molar-refractivity contribution in [1.29, 1.82) is 0 Å². The van der Waals surface area contributed by atoms with Crippen LogP contribution in [0.3, 0.4) is 0 Å². The highest BCUT2D eigenvalue weighted by Gasteiger charge is 2.62. The van der Waals surface area contributed by atoms with Crippen LogP contribution in [0.1, 0.15) is 50.8 Å². The van der Waals surface area contributed by atoms with Gasteiger partial charge in [0.2, 0.25) is 11.8 Å². The fraction of sp³-hybridized carbons (Fsp3) is 0.522. The number of aromatic nitrogens is 5. The number of halogens is 2. The maximum absolute atomic E-state index is 14.8. The average Bonchev–Trinajstić information content (AvgIpc) is 3.27. The zero-order valence-corrected chi connectivity index (χ0v) is 19.7. The maximum atomic E-state index is 14.8. The van der Waals surface area contributed by atoms with E-state index >= 15 is 0 Å². The Balaban J connectivity index is 1.27. The van der Waals surface area contributed by atoms with Crippen LogP contribution in [-0.2, 0) is 12.1 Å². The van der Waals surface area contributed by atoms with Crippen LogP contribution in [0.5, 0.6) is 0 Å². The Hall–Kier alpha value is -3.01. The Labute approximate surface area is 200 Å². The molecule has 178 valence electrons. The molecule has 0 unspecified atom stereocenters. The number of amides is 2. The number of hydrogen-bond acceptors (Lipinski definition) is 6. The summed E-state index contributed by atoms with van der Waals surface area (Å²) in [5, 5.41) is 15.6. The number of aryl methyl sites for hydroxylation is 1. The third-order valence-corrected chi connectivity index (χ3v) is 7.43. The van der Waals surface area contributed by atoms with Crippen LogP contribution in [0.4, 0.5) is 14.9 Å². The SMILES string of the molecule is Cc1nnc([C@@]23C[C@H](C)C[C@@H](C2)N3C(=O)Nc2cc(-c3ncn(CC4CC4)n3)c(Cl)cc2F)o1. The largest absolute Gasteiger partial charge is 0.423 e. The number of piperidine rings is 1. The molecule has 3 atom stereocenters. The molecule has 6 rings (SSSR count). The minimum Gasteiger partial charge on any atom is -0.423 e. The number of likely N-dealkylation sites (tertiary alicyclic amines) is 1. The number of urea groups is 1. The highest BCUT2D eigenvalue weighted by Crippen LogP contribution is 2.55. The van der Waals surface area contributed by atoms with Crippen LogP contribution in [-0.4, -0.2) is 41.9 Å². The Kier molecular flexibility index (Phi) is 4.91. The first-order valence-electron chi connectivity index (χ1n) is 11.6. The van der Waals surface area contributed by atoms with Crippen molar-refractivity contribution in [2.75, 3.05) is 5.32 Å². The van der Waals surface area contributed by atoms with E-state index in [0.717, 1.165) is 25.8 Å². The van der Waals surface area contributed by atoms with Gasteiger partial charge in [0.15, 0.2) is 5.82 Å². The van der Waals surface area contributed by atoms with E-state index in [2.05, 4.69) is 32.5 Å². The van der Waals surface area contributed by atoms with Crippen LogP contribution in [0.15, 0.2) is 22.9 Å². The van der Waals surface area contributed by atoms with Crippen molar-refractivity contribution >= 4 is 23.3 Å². The summed E-state index contributed by atoms with van der Waals surface area (Å²) in [6, 6.07) is 2.31. The summed E-state index contributed by atoms with van der Waals surface area (Å²) in [5.74, 6) is 1.71. The second-order valence-electron chi connectivity index (χ2n) is 9.91. The van der Waals surface area contributed by atoms with Crippen molar-refractivity contribution in [2.24, 2.45) is 11.8 Å². The van der Waals surface area contributed by atoms with Gasteiger partial charge in [0.05, 0.1) is 10.7 Å². The first-order chi connectivity index (χ1) is 16.3. The zero-order valence-electron chi connectivity index (χ0n) is 19.0. The van der Waals surface area contributed by atoms with Gasteiger partial charge in [0, 0.05) is 31.5 Å². The molecule has 1 aromatic carbocycles. The summed E-state index contributed by atoms with van der Waals surface area (Å²) in [7, 11) is 0. The molecular weight excluding hydrogens is 461 g/mol. The summed E-state index contributed by atoms with van der Waals surface area (Å²) in [5.41, 5.74) is -0.173. The van der Waals surface area contributed by atoms with Crippen LogP contribution < -0.4 is 5.32 Å². The Bertz CT molecular complexity index is 1270. The molecule has 9 nitrogen and oxygen atoms in total. The second kappa shape index (κ2) is 7.76. The number of anilines is 1. The number of nitrogens with one attached hydrogen (secondary N) is 1. The molecule has 2 amide bonds. The quantitative estimate of drug-likeness (QED) is 0.558. The van der Waals surface area contributed by atoms with Crippen molar-refractivity contribution in [3.63, 3.8) is 0 Å². The topological polar surface area (TPSA) is 102 Å². The minimum absolute atomic E-state index is 0.0258. The van der Waals surface area contributed by atoms with Crippen LogP contribution in [0, 0.1) is 24.6 Å². The van der Waals surface area contributed by atoms with E-state index < -0.39 is 17.4 Å². The standard InChI is InChI=1S/C23H25ClFN7O2/c1-12-5-15-9-23(8-12,21-29-28-13(2)34-21)32(15)22(33)27-19-6-16(17(24)7-18(19)25)20-26-11-31(30-20)10-14-3-4-14/h6-7,11-12,14-15H,3-5,8-10H2,1-2H3,(H,27,33)/t12-,15+,23-/m1/s1. The summed E-state index contributed by atoms with van der Waals surface area (Å²) in [6.45, 7) is 4.69. The molecule has 34 heavy (non-hydrogen) atoms. The molecule has 3 aliphatic rings. The first kappa shape index (κ1) is 21.5. The van der Waals surface area contributed by atoms with Crippen molar-refractivity contribution in [3.05, 3.63) is 41.1 Å². The normalized spacial score (nSPS) is 25.8. The van der Waals surface area contributed by atoms with Crippen molar-refractivity contribution < 1.29 is 13.6 Å². The van der Waals surface area contributed by atoms with Gasteiger partial charge in [-0.1, -0.05) is 18.5 Å². The van der Waals surface area contributed by atoms with Crippen molar-refractivity contribution in [1.82, 2.24) is 29.9 Å². The van der Waals surface area contributed by atoms with E-state index in [1.807, 2.05) is 0 Å². The zero-order chi connectivity index (χ0) is 23.6. The lowest BCUT2D eigenvalue weighted by atomic mass is 9.64. The van der Waals surface area contributed by atoms with Gasteiger partial charge in [-0.2, -0.15) is 5.10 Å². The van der Waals surface area contributed by atoms with E-state index in [9.17, 15) is 9.18 Å².